The van der Waals surface area contributed by atoms with Crippen molar-refractivity contribution in [1.82, 2.24) is 5.32 Å². The van der Waals surface area contributed by atoms with E-state index < -0.39 is 0 Å². The van der Waals surface area contributed by atoms with Crippen LogP contribution in [0.4, 0.5) is 10.5 Å². The number of aryl methyl sites for hydroxylation is 1. The van der Waals surface area contributed by atoms with Crippen molar-refractivity contribution < 1.29 is 9.21 Å². The minimum Gasteiger partial charge on any atom is -0.465 e. The molecule has 2 amide bonds. The van der Waals surface area contributed by atoms with E-state index in [-0.39, 0.29) is 6.03 Å². The summed E-state index contributed by atoms with van der Waals surface area (Å²) in [5, 5.41) is 5.57. The number of carbonyl (C=O) groups excluding carboxylic acids is 1. The summed E-state index contributed by atoms with van der Waals surface area (Å²) in [6.07, 6.45) is 0. The molecule has 3 aromatic rings. The first-order chi connectivity index (χ1) is 11.2. The number of hydrogen-bond acceptors (Lipinski definition) is 2. The Morgan fingerprint density at radius 2 is 1.61 bits per heavy atom. The van der Waals surface area contributed by atoms with Crippen LogP contribution in [0.1, 0.15) is 11.5 Å². The lowest BCUT2D eigenvalue weighted by Crippen LogP contribution is -2.27. The molecule has 0 radical (unpaired) electrons. The predicted octanol–water partition coefficient (Wildman–Crippen LogP) is 4.58. The van der Waals surface area contributed by atoms with Crippen LogP contribution in [0.5, 0.6) is 0 Å². The number of amides is 2. The average molecular weight is 306 g/mol. The van der Waals surface area contributed by atoms with Crippen molar-refractivity contribution >= 4 is 11.7 Å². The predicted molar refractivity (Wildman–Crippen MR) is 91.2 cm³/mol. The average Bonchev–Trinajstić information content (AvgIpc) is 3.00. The van der Waals surface area contributed by atoms with Crippen LogP contribution in [-0.4, -0.2) is 6.03 Å². The summed E-state index contributed by atoms with van der Waals surface area (Å²) in [6, 6.07) is 21.3. The zero-order valence-electron chi connectivity index (χ0n) is 12.9. The van der Waals surface area contributed by atoms with E-state index in [1.54, 1.807) is 0 Å². The summed E-state index contributed by atoms with van der Waals surface area (Å²) in [6.45, 7) is 2.24. The van der Waals surface area contributed by atoms with E-state index in [2.05, 4.69) is 22.8 Å². The van der Waals surface area contributed by atoms with Gasteiger partial charge in [-0.15, -0.1) is 0 Å². The van der Waals surface area contributed by atoms with Crippen LogP contribution in [0.3, 0.4) is 0 Å². The van der Waals surface area contributed by atoms with Crippen LogP contribution < -0.4 is 10.6 Å². The highest BCUT2D eigenvalue weighted by atomic mass is 16.3. The standard InChI is InChI=1S/C19H18N2O2/c1-14-7-12-18(23-14)13-20-19(22)21-17-10-8-16(9-11-17)15-5-3-2-4-6-15/h2-12H,13H2,1H3,(H2,20,21,22). The molecule has 4 nitrogen and oxygen atoms in total. The highest BCUT2D eigenvalue weighted by Crippen LogP contribution is 2.20. The molecule has 116 valence electrons. The van der Waals surface area contributed by atoms with E-state index >= 15 is 0 Å². The molecule has 0 aliphatic heterocycles. The van der Waals surface area contributed by atoms with Gasteiger partial charge in [-0.1, -0.05) is 42.5 Å². The van der Waals surface area contributed by atoms with E-state index in [9.17, 15) is 4.79 Å². The van der Waals surface area contributed by atoms with Gasteiger partial charge in [0, 0.05) is 5.69 Å². The van der Waals surface area contributed by atoms with Gasteiger partial charge < -0.3 is 15.1 Å². The van der Waals surface area contributed by atoms with Gasteiger partial charge in [0.1, 0.15) is 11.5 Å². The topological polar surface area (TPSA) is 54.3 Å². The molecule has 23 heavy (non-hydrogen) atoms. The first-order valence-electron chi connectivity index (χ1n) is 7.46. The fourth-order valence-corrected chi connectivity index (χ4v) is 2.30. The number of anilines is 1. The maximum Gasteiger partial charge on any atom is 0.319 e. The van der Waals surface area contributed by atoms with Crippen LogP contribution in [0.25, 0.3) is 11.1 Å². The molecule has 0 saturated heterocycles. The van der Waals surface area contributed by atoms with Crippen molar-refractivity contribution in [3.8, 4) is 11.1 Å². The van der Waals surface area contributed by atoms with E-state index in [4.69, 9.17) is 4.42 Å². The lowest BCUT2D eigenvalue weighted by molar-refractivity contribution is 0.250. The van der Waals surface area contributed by atoms with Gasteiger partial charge in [0.05, 0.1) is 6.54 Å². The number of benzene rings is 2. The van der Waals surface area contributed by atoms with Crippen molar-refractivity contribution in [2.45, 2.75) is 13.5 Å². The third-order valence-electron chi connectivity index (χ3n) is 3.47. The Morgan fingerprint density at radius 3 is 2.26 bits per heavy atom. The van der Waals surface area contributed by atoms with Crippen molar-refractivity contribution in [2.24, 2.45) is 0 Å². The Morgan fingerprint density at radius 1 is 0.913 bits per heavy atom. The highest BCUT2D eigenvalue weighted by molar-refractivity contribution is 5.89. The minimum absolute atomic E-state index is 0.258. The van der Waals surface area contributed by atoms with Gasteiger partial charge >= 0.3 is 6.03 Å². The van der Waals surface area contributed by atoms with E-state index in [1.807, 2.05) is 61.5 Å². The zero-order valence-corrected chi connectivity index (χ0v) is 12.9. The van der Waals surface area contributed by atoms with Crippen LogP contribution in [0, 0.1) is 6.92 Å². The van der Waals surface area contributed by atoms with Gasteiger partial charge in [0.25, 0.3) is 0 Å². The molecule has 0 saturated carbocycles. The molecule has 3 rings (SSSR count). The molecular formula is C19H18N2O2. The van der Waals surface area contributed by atoms with Gasteiger partial charge in [-0.2, -0.15) is 0 Å². The van der Waals surface area contributed by atoms with Gasteiger partial charge in [0.2, 0.25) is 0 Å². The quantitative estimate of drug-likeness (QED) is 0.741. The second kappa shape index (κ2) is 6.83. The Kier molecular flexibility index (Phi) is 4.43. The largest absolute Gasteiger partial charge is 0.465 e. The summed E-state index contributed by atoms with van der Waals surface area (Å²) < 4.78 is 5.41. The molecule has 1 heterocycles. The third kappa shape index (κ3) is 4.01. The van der Waals surface area contributed by atoms with Crippen LogP contribution >= 0.6 is 0 Å². The SMILES string of the molecule is Cc1ccc(CNC(=O)Nc2ccc(-c3ccccc3)cc2)o1. The molecule has 0 fully saturated rings. The summed E-state index contributed by atoms with van der Waals surface area (Å²) >= 11 is 0. The molecule has 4 heteroatoms. The van der Waals surface area contributed by atoms with Gasteiger partial charge in [-0.25, -0.2) is 4.79 Å². The maximum atomic E-state index is 11.9. The lowest BCUT2D eigenvalue weighted by Gasteiger charge is -2.08. The molecule has 0 bridgehead atoms. The highest BCUT2D eigenvalue weighted by Gasteiger charge is 2.04. The Hall–Kier alpha value is -3.01. The number of urea groups is 1. The van der Waals surface area contributed by atoms with Gasteiger partial charge in [-0.3, -0.25) is 0 Å². The summed E-state index contributed by atoms with van der Waals surface area (Å²) in [5.74, 6) is 1.57. The van der Waals surface area contributed by atoms with Gasteiger partial charge in [0.15, 0.2) is 0 Å². The van der Waals surface area contributed by atoms with Crippen molar-refractivity contribution in [2.75, 3.05) is 5.32 Å². The molecule has 2 N–H and O–H groups in total. The molecule has 1 aromatic heterocycles. The van der Waals surface area contributed by atoms with Crippen LogP contribution in [-0.2, 0) is 6.54 Å². The number of rotatable bonds is 4. The number of hydrogen-bond donors (Lipinski definition) is 2. The second-order valence-corrected chi connectivity index (χ2v) is 5.26. The maximum absolute atomic E-state index is 11.9. The number of nitrogens with one attached hydrogen (secondary N) is 2. The van der Waals surface area contributed by atoms with Gasteiger partial charge in [-0.05, 0) is 42.3 Å². The van der Waals surface area contributed by atoms with E-state index in [1.165, 1.54) is 0 Å². The Balaban J connectivity index is 1.56. The lowest BCUT2D eigenvalue weighted by atomic mass is 10.1. The van der Waals surface area contributed by atoms with Crippen molar-refractivity contribution in [3.05, 3.63) is 78.3 Å². The van der Waals surface area contributed by atoms with E-state index in [0.717, 1.165) is 28.3 Å². The summed E-state index contributed by atoms with van der Waals surface area (Å²) in [5.41, 5.74) is 3.01. The van der Waals surface area contributed by atoms with Crippen molar-refractivity contribution in [3.63, 3.8) is 0 Å². The third-order valence-corrected chi connectivity index (χ3v) is 3.47. The number of carbonyl (C=O) groups is 1. The monoisotopic (exact) mass is 306 g/mol. The van der Waals surface area contributed by atoms with Crippen molar-refractivity contribution in [1.29, 1.82) is 0 Å². The summed E-state index contributed by atoms with van der Waals surface area (Å²) in [4.78, 5) is 11.9. The summed E-state index contributed by atoms with van der Waals surface area (Å²) in [7, 11) is 0. The smallest absolute Gasteiger partial charge is 0.319 e. The molecule has 0 aliphatic rings. The number of furan rings is 1. The minimum atomic E-state index is -0.258. The second-order valence-electron chi connectivity index (χ2n) is 5.26. The fourth-order valence-electron chi connectivity index (χ4n) is 2.30. The van der Waals surface area contributed by atoms with Crippen LogP contribution in [0.15, 0.2) is 71.1 Å². The first-order valence-corrected chi connectivity index (χ1v) is 7.46. The molecule has 0 aliphatic carbocycles. The first kappa shape index (κ1) is 14.9. The molecule has 0 unspecified atom stereocenters. The zero-order chi connectivity index (χ0) is 16.1. The Bertz CT molecular complexity index is 777. The molecular weight excluding hydrogens is 288 g/mol. The normalized spacial score (nSPS) is 10.3. The Labute approximate surface area is 135 Å². The molecule has 0 spiro atoms. The van der Waals surface area contributed by atoms with E-state index in [0.29, 0.717) is 6.54 Å². The molecule has 2 aromatic carbocycles. The molecule has 0 atom stereocenters. The van der Waals surface area contributed by atoms with Crippen LogP contribution in [0.2, 0.25) is 0 Å². The fraction of sp³-hybridized carbons (Fsp3) is 0.105.